The van der Waals surface area contributed by atoms with Gasteiger partial charge < -0.3 is 10.6 Å². The first-order valence-corrected chi connectivity index (χ1v) is 10.0. The van der Waals surface area contributed by atoms with Crippen molar-refractivity contribution >= 4 is 23.4 Å². The summed E-state index contributed by atoms with van der Waals surface area (Å²) >= 11 is 6.80. The lowest BCUT2D eigenvalue weighted by molar-refractivity contribution is -0.145. The van der Waals surface area contributed by atoms with Gasteiger partial charge in [0.05, 0.1) is 12.0 Å². The van der Waals surface area contributed by atoms with Crippen LogP contribution in [0, 0.1) is 24.2 Å². The van der Waals surface area contributed by atoms with Crippen LogP contribution in [0.2, 0.25) is 0 Å². The Morgan fingerprint density at radius 3 is 2.35 bits per heavy atom. The van der Waals surface area contributed by atoms with Crippen LogP contribution in [0.1, 0.15) is 49.7 Å². The molecule has 2 atom stereocenters. The monoisotopic (exact) mass is 374 g/mol. The van der Waals surface area contributed by atoms with Crippen molar-refractivity contribution in [2.45, 2.75) is 56.9 Å². The third-order valence-corrected chi connectivity index (χ3v) is 6.93. The summed E-state index contributed by atoms with van der Waals surface area (Å²) in [7, 11) is 0. The fourth-order valence-electron chi connectivity index (χ4n) is 5.73. The number of alkyl halides is 1. The molecule has 4 saturated carbocycles. The Kier molecular flexibility index (Phi) is 4.50. The van der Waals surface area contributed by atoms with Crippen LogP contribution in [0.3, 0.4) is 0 Å². The van der Waals surface area contributed by atoms with Gasteiger partial charge in [-0.15, -0.1) is 11.6 Å². The minimum absolute atomic E-state index is 0.0297. The van der Waals surface area contributed by atoms with Gasteiger partial charge in [0.2, 0.25) is 11.8 Å². The van der Waals surface area contributed by atoms with Crippen molar-refractivity contribution in [3.63, 3.8) is 0 Å². The minimum Gasteiger partial charge on any atom is -0.350 e. The van der Waals surface area contributed by atoms with E-state index in [1.54, 1.807) is 0 Å². The van der Waals surface area contributed by atoms with E-state index >= 15 is 0 Å². The Balaban J connectivity index is 1.30. The molecule has 4 aliphatic rings. The van der Waals surface area contributed by atoms with Crippen molar-refractivity contribution in [1.29, 1.82) is 0 Å². The zero-order chi connectivity index (χ0) is 18.4. The van der Waals surface area contributed by atoms with Crippen LogP contribution >= 0.6 is 11.6 Å². The van der Waals surface area contributed by atoms with E-state index in [4.69, 9.17) is 11.6 Å². The Bertz CT molecular complexity index is 701. The van der Waals surface area contributed by atoms with E-state index in [0.29, 0.717) is 18.4 Å². The molecule has 4 aliphatic carbocycles. The summed E-state index contributed by atoms with van der Waals surface area (Å²) in [4.78, 5) is 24.8. The summed E-state index contributed by atoms with van der Waals surface area (Å²) in [5.74, 6) is 1.04. The average molecular weight is 375 g/mol. The molecule has 26 heavy (non-hydrogen) atoms. The van der Waals surface area contributed by atoms with Gasteiger partial charge in [-0.05, 0) is 62.8 Å². The molecule has 5 rings (SSSR count). The van der Waals surface area contributed by atoms with E-state index < -0.39 is 0 Å². The van der Waals surface area contributed by atoms with Crippen molar-refractivity contribution in [2.75, 3.05) is 6.54 Å². The molecule has 2 unspecified atom stereocenters. The fraction of sp³-hybridized carbons (Fsp3) is 0.619. The first-order valence-electron chi connectivity index (χ1n) is 9.65. The maximum atomic E-state index is 12.9. The molecule has 140 valence electrons. The highest BCUT2D eigenvalue weighted by atomic mass is 35.5. The molecule has 2 amide bonds. The Labute approximate surface area is 160 Å². The lowest BCUT2D eigenvalue weighted by Gasteiger charge is -2.59. The number of halogens is 1. The molecule has 2 N–H and O–H groups in total. The van der Waals surface area contributed by atoms with Gasteiger partial charge in [0, 0.05) is 11.4 Å². The van der Waals surface area contributed by atoms with Crippen LogP contribution in [0.15, 0.2) is 24.3 Å². The number of hydrogen-bond donors (Lipinski definition) is 2. The average Bonchev–Trinajstić information content (AvgIpc) is 2.57. The van der Waals surface area contributed by atoms with E-state index in [2.05, 4.69) is 10.6 Å². The van der Waals surface area contributed by atoms with E-state index in [9.17, 15) is 9.59 Å². The number of carbonyl (C=O) groups is 2. The van der Waals surface area contributed by atoms with Gasteiger partial charge in [-0.1, -0.05) is 29.8 Å². The lowest BCUT2D eigenvalue weighted by Crippen LogP contribution is -2.59. The second-order valence-corrected chi connectivity index (χ2v) is 9.64. The van der Waals surface area contributed by atoms with Crippen molar-refractivity contribution in [1.82, 2.24) is 10.6 Å². The van der Waals surface area contributed by atoms with Crippen LogP contribution in [0.4, 0.5) is 0 Å². The van der Waals surface area contributed by atoms with E-state index in [1.807, 2.05) is 31.2 Å². The predicted molar refractivity (Wildman–Crippen MR) is 102 cm³/mol. The normalized spacial score (nSPS) is 34.5. The Morgan fingerprint density at radius 1 is 1.08 bits per heavy atom. The molecule has 0 spiro atoms. The summed E-state index contributed by atoms with van der Waals surface area (Å²) in [5, 5.41) is 5.77. The molecule has 1 aromatic carbocycles. The van der Waals surface area contributed by atoms with Gasteiger partial charge in [0.1, 0.15) is 0 Å². The molecule has 4 bridgehead atoms. The number of rotatable bonds is 5. The second kappa shape index (κ2) is 6.56. The highest BCUT2D eigenvalue weighted by Gasteiger charge is 2.59. The third kappa shape index (κ3) is 3.48. The molecule has 0 aliphatic heterocycles. The highest BCUT2D eigenvalue weighted by molar-refractivity contribution is 6.24. The minimum atomic E-state index is -0.344. The summed E-state index contributed by atoms with van der Waals surface area (Å²) in [5.41, 5.74) is 1.91. The number of benzene rings is 1. The smallest absolute Gasteiger partial charge is 0.239 e. The molecule has 4 nitrogen and oxygen atoms in total. The first kappa shape index (κ1) is 17.8. The van der Waals surface area contributed by atoms with E-state index in [0.717, 1.165) is 37.7 Å². The summed E-state index contributed by atoms with van der Waals surface area (Å²) in [6.07, 6.45) is 5.98. The highest BCUT2D eigenvalue weighted by Crippen LogP contribution is 2.63. The predicted octanol–water partition coefficient (Wildman–Crippen LogP) is 3.31. The summed E-state index contributed by atoms with van der Waals surface area (Å²) in [6.45, 7) is 2.56. The van der Waals surface area contributed by atoms with Crippen molar-refractivity contribution in [2.24, 2.45) is 17.3 Å². The van der Waals surface area contributed by atoms with E-state index in [-0.39, 0.29) is 28.6 Å². The van der Waals surface area contributed by atoms with E-state index in [1.165, 1.54) is 12.0 Å². The van der Waals surface area contributed by atoms with Crippen molar-refractivity contribution in [3.05, 3.63) is 35.4 Å². The van der Waals surface area contributed by atoms with Crippen molar-refractivity contribution in [3.8, 4) is 0 Å². The van der Waals surface area contributed by atoms with Gasteiger partial charge in [0.25, 0.3) is 0 Å². The molecule has 0 heterocycles. The SMILES string of the molecule is Cc1ccc(CNC(=O)CNC(=O)C23CC4CC(CC(Cl)(C4)C2)C3)cc1. The summed E-state index contributed by atoms with van der Waals surface area (Å²) < 4.78 is 0. The molecular weight excluding hydrogens is 348 g/mol. The number of carbonyl (C=O) groups excluding carboxylic acids is 2. The molecule has 0 radical (unpaired) electrons. The molecule has 1 aromatic rings. The lowest BCUT2D eigenvalue weighted by atomic mass is 9.49. The molecule has 5 heteroatoms. The van der Waals surface area contributed by atoms with Crippen LogP contribution < -0.4 is 10.6 Å². The molecular formula is C21H27ClN2O2. The molecule has 0 aromatic heterocycles. The van der Waals surface area contributed by atoms with Crippen LogP contribution in [-0.2, 0) is 16.1 Å². The van der Waals surface area contributed by atoms with Crippen LogP contribution in [0.25, 0.3) is 0 Å². The zero-order valence-electron chi connectivity index (χ0n) is 15.3. The standard InChI is InChI=1S/C21H27ClN2O2/c1-14-2-4-15(5-3-14)11-23-18(25)12-24-19(26)20-7-16-6-17(8-20)10-21(22,9-16)13-20/h2-5,16-17H,6-13H2,1H3,(H,23,25)(H,24,26). The topological polar surface area (TPSA) is 58.2 Å². The van der Waals surface area contributed by atoms with Gasteiger partial charge in [-0.25, -0.2) is 0 Å². The Morgan fingerprint density at radius 2 is 1.73 bits per heavy atom. The quantitative estimate of drug-likeness (QED) is 0.777. The van der Waals surface area contributed by atoms with Gasteiger partial charge in [-0.3, -0.25) is 9.59 Å². The molecule has 0 saturated heterocycles. The number of nitrogens with one attached hydrogen (secondary N) is 2. The number of aryl methyl sites for hydroxylation is 1. The summed E-state index contributed by atoms with van der Waals surface area (Å²) in [6, 6.07) is 8.06. The van der Waals surface area contributed by atoms with Crippen LogP contribution in [-0.4, -0.2) is 23.2 Å². The van der Waals surface area contributed by atoms with Crippen LogP contribution in [0.5, 0.6) is 0 Å². The maximum Gasteiger partial charge on any atom is 0.239 e. The molecule has 4 fully saturated rings. The Hall–Kier alpha value is -1.55. The van der Waals surface area contributed by atoms with Gasteiger partial charge in [0.15, 0.2) is 0 Å². The number of hydrogen-bond acceptors (Lipinski definition) is 2. The van der Waals surface area contributed by atoms with Gasteiger partial charge >= 0.3 is 0 Å². The van der Waals surface area contributed by atoms with Crippen molar-refractivity contribution < 1.29 is 9.59 Å². The fourth-order valence-corrected chi connectivity index (χ4v) is 6.43. The maximum absolute atomic E-state index is 12.9. The third-order valence-electron chi connectivity index (χ3n) is 6.49. The number of amides is 2. The second-order valence-electron chi connectivity index (χ2n) is 8.84. The zero-order valence-corrected chi connectivity index (χ0v) is 16.1. The first-order chi connectivity index (χ1) is 12.4. The largest absolute Gasteiger partial charge is 0.350 e. The van der Waals surface area contributed by atoms with Gasteiger partial charge in [-0.2, -0.15) is 0 Å².